The van der Waals surface area contributed by atoms with Crippen LogP contribution in [0.5, 0.6) is 0 Å². The standard InChI is InChI=1S/C23H32O15/c1-10(9-24)32-18(26)12(3)34-20(28)14(5)36-22(30)16(7)38-23(31)15(6)37-21(29)13(4)35-19(27)11(2)33-17(8)25/h9-16H,1-8H3/t10-,11-,12-,13-,14-,15-,16-/m0/s1. The SMILES string of the molecule is CC(=O)O[C@@H](C)C(=O)O[C@@H](C)C(=O)O[C@@H](C)C(=O)O[C@@H](C)C(=O)O[C@@H](C)C(=O)O[C@@H](C)C(=O)O[C@@H](C)C=O. The molecule has 0 radical (unpaired) electrons. The van der Waals surface area contributed by atoms with Crippen molar-refractivity contribution in [2.75, 3.05) is 0 Å². The fourth-order valence-corrected chi connectivity index (χ4v) is 2.19. The molecule has 0 unspecified atom stereocenters. The van der Waals surface area contributed by atoms with Crippen molar-refractivity contribution in [2.24, 2.45) is 0 Å². The van der Waals surface area contributed by atoms with Gasteiger partial charge in [-0.15, -0.1) is 0 Å². The second-order valence-corrected chi connectivity index (χ2v) is 7.93. The summed E-state index contributed by atoms with van der Waals surface area (Å²) in [5.74, 6) is -7.32. The molecule has 0 bridgehead atoms. The molecule has 0 aliphatic heterocycles. The molecule has 0 aromatic carbocycles. The van der Waals surface area contributed by atoms with Crippen LogP contribution in [-0.4, -0.2) is 90.8 Å². The van der Waals surface area contributed by atoms with Gasteiger partial charge in [-0.25, -0.2) is 28.8 Å². The molecule has 0 amide bonds. The number of hydrogen-bond donors (Lipinski definition) is 0. The van der Waals surface area contributed by atoms with E-state index in [0.717, 1.165) is 34.6 Å². The fraction of sp³-hybridized carbons (Fsp3) is 0.652. The summed E-state index contributed by atoms with van der Waals surface area (Å²) in [5.41, 5.74) is 0. The number of hydrogen-bond acceptors (Lipinski definition) is 15. The van der Waals surface area contributed by atoms with Crippen LogP contribution in [0.15, 0.2) is 0 Å². The van der Waals surface area contributed by atoms with Crippen molar-refractivity contribution in [3.8, 4) is 0 Å². The van der Waals surface area contributed by atoms with E-state index in [1.165, 1.54) is 20.8 Å². The predicted octanol–water partition coefficient (Wildman–Crippen LogP) is -0.273. The molecular weight excluding hydrogens is 516 g/mol. The maximum absolute atomic E-state index is 12.2. The molecule has 0 aromatic heterocycles. The zero-order chi connectivity index (χ0) is 29.7. The van der Waals surface area contributed by atoms with Gasteiger partial charge in [0.25, 0.3) is 0 Å². The van der Waals surface area contributed by atoms with Crippen molar-refractivity contribution in [3.05, 3.63) is 0 Å². The maximum Gasteiger partial charge on any atom is 0.347 e. The first-order valence-corrected chi connectivity index (χ1v) is 11.4. The van der Waals surface area contributed by atoms with Gasteiger partial charge in [0.15, 0.2) is 49.0 Å². The quantitative estimate of drug-likeness (QED) is 0.156. The number of esters is 7. The fourth-order valence-electron chi connectivity index (χ4n) is 2.19. The van der Waals surface area contributed by atoms with Crippen molar-refractivity contribution < 1.29 is 71.5 Å². The van der Waals surface area contributed by atoms with Crippen LogP contribution in [0.25, 0.3) is 0 Å². The topological polar surface area (TPSA) is 201 Å². The summed E-state index contributed by atoms with van der Waals surface area (Å²) in [5, 5.41) is 0. The van der Waals surface area contributed by atoms with Crippen molar-refractivity contribution >= 4 is 48.1 Å². The van der Waals surface area contributed by atoms with Gasteiger partial charge in [-0.1, -0.05) is 0 Å². The molecule has 0 aliphatic rings. The van der Waals surface area contributed by atoms with Gasteiger partial charge in [0.2, 0.25) is 0 Å². The molecule has 0 rings (SSSR count). The third-order valence-electron chi connectivity index (χ3n) is 4.29. The Bertz CT molecular complexity index is 910. The summed E-state index contributed by atoms with van der Waals surface area (Å²) in [6.45, 7) is 9.33. The van der Waals surface area contributed by atoms with Crippen LogP contribution in [0.3, 0.4) is 0 Å². The number of carbonyl (C=O) groups excluding carboxylic acids is 8. The zero-order valence-corrected chi connectivity index (χ0v) is 22.2. The highest BCUT2D eigenvalue weighted by Crippen LogP contribution is 2.08. The molecule has 0 fully saturated rings. The minimum Gasteiger partial charge on any atom is -0.452 e. The van der Waals surface area contributed by atoms with E-state index in [-0.39, 0.29) is 0 Å². The van der Waals surface area contributed by atoms with Crippen molar-refractivity contribution in [2.45, 2.75) is 98.1 Å². The Morgan fingerprint density at radius 1 is 0.421 bits per heavy atom. The summed E-state index contributed by atoms with van der Waals surface area (Å²) in [7, 11) is 0. The molecule has 0 N–H and O–H groups in total. The first-order valence-electron chi connectivity index (χ1n) is 11.4. The Hall–Kier alpha value is -4.04. The van der Waals surface area contributed by atoms with Gasteiger partial charge in [0.1, 0.15) is 0 Å². The highest BCUT2D eigenvalue weighted by molar-refractivity contribution is 5.87. The summed E-state index contributed by atoms with van der Waals surface area (Å²) >= 11 is 0. The molecule has 0 saturated carbocycles. The van der Waals surface area contributed by atoms with Gasteiger partial charge in [-0.2, -0.15) is 0 Å². The molecule has 15 heteroatoms. The van der Waals surface area contributed by atoms with Gasteiger partial charge < -0.3 is 33.2 Å². The van der Waals surface area contributed by atoms with Gasteiger partial charge in [0.05, 0.1) is 0 Å². The van der Waals surface area contributed by atoms with Crippen molar-refractivity contribution in [3.63, 3.8) is 0 Å². The van der Waals surface area contributed by atoms with Crippen LogP contribution >= 0.6 is 0 Å². The first-order chi connectivity index (χ1) is 17.5. The third kappa shape index (κ3) is 12.3. The van der Waals surface area contributed by atoms with Crippen molar-refractivity contribution in [1.82, 2.24) is 0 Å². The molecule has 15 nitrogen and oxygen atoms in total. The molecule has 0 aliphatic carbocycles. The number of ether oxygens (including phenoxy) is 7. The van der Waals surface area contributed by atoms with Crippen molar-refractivity contribution in [1.29, 1.82) is 0 Å². The molecule has 214 valence electrons. The van der Waals surface area contributed by atoms with Gasteiger partial charge in [-0.3, -0.25) is 9.59 Å². The molecule has 0 saturated heterocycles. The summed E-state index contributed by atoms with van der Waals surface area (Å²) in [6.07, 6.45) is -9.42. The number of carbonyl (C=O) groups is 8. The average Bonchev–Trinajstić information content (AvgIpc) is 2.82. The lowest BCUT2D eigenvalue weighted by Gasteiger charge is -2.20. The monoisotopic (exact) mass is 548 g/mol. The summed E-state index contributed by atoms with van der Waals surface area (Å²) in [4.78, 5) is 93.4. The zero-order valence-electron chi connectivity index (χ0n) is 22.2. The minimum absolute atomic E-state index is 0.366. The Morgan fingerprint density at radius 2 is 0.632 bits per heavy atom. The first kappa shape index (κ1) is 34.0. The van der Waals surface area contributed by atoms with E-state index in [9.17, 15) is 38.4 Å². The molecule has 0 spiro atoms. The Morgan fingerprint density at radius 3 is 0.842 bits per heavy atom. The summed E-state index contributed by atoms with van der Waals surface area (Å²) < 4.78 is 33.5. The molecule has 0 aromatic rings. The normalized spacial score (nSPS) is 16.0. The largest absolute Gasteiger partial charge is 0.452 e. The average molecular weight is 548 g/mol. The molecule has 7 atom stereocenters. The van der Waals surface area contributed by atoms with Crippen LogP contribution in [-0.2, 0) is 71.5 Å². The van der Waals surface area contributed by atoms with Gasteiger partial charge in [0, 0.05) is 6.92 Å². The van der Waals surface area contributed by atoms with Crippen LogP contribution in [0.1, 0.15) is 55.4 Å². The second kappa shape index (κ2) is 15.9. The Kier molecular flexibility index (Phi) is 14.2. The van der Waals surface area contributed by atoms with E-state index in [1.807, 2.05) is 0 Å². The molecular formula is C23H32O15. The maximum atomic E-state index is 12.2. The Labute approximate surface area is 218 Å². The lowest BCUT2D eigenvalue weighted by atomic mass is 10.3. The summed E-state index contributed by atoms with van der Waals surface area (Å²) in [6, 6.07) is 0. The van der Waals surface area contributed by atoms with E-state index in [1.54, 1.807) is 0 Å². The van der Waals surface area contributed by atoms with Crippen LogP contribution in [0, 0.1) is 0 Å². The lowest BCUT2D eigenvalue weighted by molar-refractivity contribution is -0.188. The van der Waals surface area contributed by atoms with Gasteiger partial charge >= 0.3 is 41.8 Å². The van der Waals surface area contributed by atoms with Crippen LogP contribution in [0.4, 0.5) is 0 Å². The van der Waals surface area contributed by atoms with Gasteiger partial charge in [-0.05, 0) is 48.5 Å². The third-order valence-corrected chi connectivity index (χ3v) is 4.29. The second-order valence-electron chi connectivity index (χ2n) is 7.93. The number of aldehydes is 1. The van der Waals surface area contributed by atoms with Crippen LogP contribution in [0.2, 0.25) is 0 Å². The smallest absolute Gasteiger partial charge is 0.347 e. The van der Waals surface area contributed by atoms with E-state index < -0.39 is 84.5 Å². The minimum atomic E-state index is -1.55. The predicted molar refractivity (Wildman–Crippen MR) is 121 cm³/mol. The van der Waals surface area contributed by atoms with Crippen LogP contribution < -0.4 is 0 Å². The van der Waals surface area contributed by atoms with E-state index in [2.05, 4.69) is 9.47 Å². The van der Waals surface area contributed by atoms with E-state index in [0.29, 0.717) is 6.29 Å². The molecule has 0 heterocycles. The van der Waals surface area contributed by atoms with E-state index in [4.69, 9.17) is 23.7 Å². The highest BCUT2D eigenvalue weighted by atomic mass is 16.7. The lowest BCUT2D eigenvalue weighted by Crippen LogP contribution is -2.39. The highest BCUT2D eigenvalue weighted by Gasteiger charge is 2.32. The Balaban J connectivity index is 4.72. The van der Waals surface area contributed by atoms with E-state index >= 15 is 0 Å². The number of rotatable bonds is 14. The molecule has 38 heavy (non-hydrogen) atoms.